The summed E-state index contributed by atoms with van der Waals surface area (Å²) in [6.07, 6.45) is 3.20. The van der Waals surface area contributed by atoms with E-state index in [1.54, 1.807) is 12.4 Å². The third-order valence-corrected chi connectivity index (χ3v) is 2.63. The number of carbonyl (C=O) groups is 1. The van der Waals surface area contributed by atoms with Crippen molar-refractivity contribution in [1.29, 1.82) is 0 Å². The summed E-state index contributed by atoms with van der Waals surface area (Å²) in [7, 11) is 0. The van der Waals surface area contributed by atoms with E-state index < -0.39 is 0 Å². The molecule has 0 bridgehead atoms. The number of aromatic nitrogens is 3. The lowest BCUT2D eigenvalue weighted by Gasteiger charge is -2.11. The van der Waals surface area contributed by atoms with E-state index in [9.17, 15) is 4.79 Å². The lowest BCUT2D eigenvalue weighted by molar-refractivity contribution is -0.116. The molecule has 0 saturated carbocycles. The molecule has 2 N–H and O–H groups in total. The Balaban J connectivity index is 1.99. The fourth-order valence-corrected chi connectivity index (χ4v) is 1.71. The normalized spacial score (nSPS) is 10.4. The molecule has 2 rings (SSSR count). The van der Waals surface area contributed by atoms with E-state index in [1.165, 1.54) is 4.68 Å². The zero-order valence-electron chi connectivity index (χ0n) is 10.8. The van der Waals surface area contributed by atoms with Gasteiger partial charge in [-0.25, -0.2) is 4.68 Å². The fourth-order valence-electron chi connectivity index (χ4n) is 1.71. The third-order valence-electron chi connectivity index (χ3n) is 2.63. The molecule has 1 amide bonds. The van der Waals surface area contributed by atoms with E-state index in [0.717, 1.165) is 24.3 Å². The Hall–Kier alpha value is -2.21. The van der Waals surface area contributed by atoms with Crippen LogP contribution in [0.15, 0.2) is 36.7 Å². The summed E-state index contributed by atoms with van der Waals surface area (Å²) in [5.74, 6) is -0.116. The van der Waals surface area contributed by atoms with Crippen LogP contribution >= 0.6 is 0 Å². The minimum Gasteiger partial charge on any atom is -0.324 e. The second kappa shape index (κ2) is 6.65. The summed E-state index contributed by atoms with van der Waals surface area (Å²) >= 11 is 0. The molecule has 0 aliphatic rings. The van der Waals surface area contributed by atoms with Crippen molar-refractivity contribution in [2.75, 3.05) is 11.9 Å². The predicted molar refractivity (Wildman–Crippen MR) is 72.5 cm³/mol. The number of benzene rings is 1. The van der Waals surface area contributed by atoms with E-state index in [0.29, 0.717) is 0 Å². The fraction of sp³-hybridized carbons (Fsp3) is 0.308. The quantitative estimate of drug-likeness (QED) is 0.812. The Labute approximate surface area is 111 Å². The SMILES string of the molecule is CCNCc1ccccc1NC(=O)Cn1ccnn1. The maximum Gasteiger partial charge on any atom is 0.246 e. The van der Waals surface area contributed by atoms with Crippen LogP contribution in [0.5, 0.6) is 0 Å². The van der Waals surface area contributed by atoms with Gasteiger partial charge >= 0.3 is 0 Å². The Morgan fingerprint density at radius 1 is 1.37 bits per heavy atom. The average Bonchev–Trinajstić information content (AvgIpc) is 2.90. The maximum absolute atomic E-state index is 11.9. The number of amides is 1. The molecule has 1 aromatic heterocycles. The maximum atomic E-state index is 11.9. The molecule has 0 unspecified atom stereocenters. The van der Waals surface area contributed by atoms with E-state index in [4.69, 9.17) is 0 Å². The van der Waals surface area contributed by atoms with Crippen molar-refractivity contribution in [2.45, 2.75) is 20.0 Å². The highest BCUT2D eigenvalue weighted by Crippen LogP contribution is 2.14. The van der Waals surface area contributed by atoms with E-state index in [1.807, 2.05) is 31.2 Å². The van der Waals surface area contributed by atoms with Gasteiger partial charge in [-0.1, -0.05) is 30.3 Å². The molecule has 6 nitrogen and oxygen atoms in total. The topological polar surface area (TPSA) is 71.8 Å². The molecule has 0 fully saturated rings. The van der Waals surface area contributed by atoms with Gasteiger partial charge in [-0.05, 0) is 18.2 Å². The highest BCUT2D eigenvalue weighted by Gasteiger charge is 2.07. The Morgan fingerprint density at radius 2 is 2.21 bits per heavy atom. The van der Waals surface area contributed by atoms with Gasteiger partial charge in [0.1, 0.15) is 6.54 Å². The molecular weight excluding hydrogens is 242 g/mol. The molecule has 2 aromatic rings. The molecule has 6 heteroatoms. The van der Waals surface area contributed by atoms with Gasteiger partial charge in [-0.2, -0.15) is 0 Å². The smallest absolute Gasteiger partial charge is 0.246 e. The molecule has 100 valence electrons. The van der Waals surface area contributed by atoms with Gasteiger partial charge in [0.25, 0.3) is 0 Å². The van der Waals surface area contributed by atoms with Crippen LogP contribution in [-0.2, 0) is 17.9 Å². The number of anilines is 1. The molecule has 0 aliphatic carbocycles. The summed E-state index contributed by atoms with van der Waals surface area (Å²) in [5.41, 5.74) is 1.89. The van der Waals surface area contributed by atoms with Crippen molar-refractivity contribution in [2.24, 2.45) is 0 Å². The summed E-state index contributed by atoms with van der Waals surface area (Å²) in [6, 6.07) is 7.75. The number of para-hydroxylation sites is 1. The van der Waals surface area contributed by atoms with Gasteiger partial charge in [0.15, 0.2) is 0 Å². The molecule has 0 spiro atoms. The molecule has 1 aromatic carbocycles. The molecule has 0 atom stereocenters. The Bertz CT molecular complexity index is 524. The number of carbonyl (C=O) groups excluding carboxylic acids is 1. The van der Waals surface area contributed by atoms with Gasteiger partial charge in [-0.15, -0.1) is 5.10 Å². The van der Waals surface area contributed by atoms with Crippen molar-refractivity contribution in [3.63, 3.8) is 0 Å². The summed E-state index contributed by atoms with van der Waals surface area (Å²) in [5, 5.41) is 13.6. The number of hydrogen-bond acceptors (Lipinski definition) is 4. The monoisotopic (exact) mass is 259 g/mol. The molecule has 0 aliphatic heterocycles. The van der Waals surface area contributed by atoms with Crippen molar-refractivity contribution >= 4 is 11.6 Å². The summed E-state index contributed by atoms with van der Waals surface area (Å²) in [6.45, 7) is 3.83. The van der Waals surface area contributed by atoms with E-state index >= 15 is 0 Å². The number of nitrogens with one attached hydrogen (secondary N) is 2. The number of rotatable bonds is 6. The largest absolute Gasteiger partial charge is 0.324 e. The van der Waals surface area contributed by atoms with Gasteiger partial charge < -0.3 is 10.6 Å². The van der Waals surface area contributed by atoms with Crippen LogP contribution in [0.3, 0.4) is 0 Å². The second-order valence-electron chi connectivity index (χ2n) is 4.09. The minimum absolute atomic E-state index is 0.116. The van der Waals surface area contributed by atoms with Crippen LogP contribution in [-0.4, -0.2) is 27.4 Å². The molecule has 1 heterocycles. The summed E-state index contributed by atoms with van der Waals surface area (Å²) in [4.78, 5) is 11.9. The Kier molecular flexibility index (Phi) is 4.63. The van der Waals surface area contributed by atoms with Crippen molar-refractivity contribution in [1.82, 2.24) is 20.3 Å². The van der Waals surface area contributed by atoms with Crippen molar-refractivity contribution in [3.8, 4) is 0 Å². The second-order valence-corrected chi connectivity index (χ2v) is 4.09. The standard InChI is InChI=1S/C13H17N5O/c1-2-14-9-11-5-3-4-6-12(11)16-13(19)10-18-8-7-15-17-18/h3-8,14H,2,9-10H2,1H3,(H,16,19). The summed E-state index contributed by atoms with van der Waals surface area (Å²) < 4.78 is 1.49. The van der Waals surface area contributed by atoms with Gasteiger partial charge in [-0.3, -0.25) is 4.79 Å². The van der Waals surface area contributed by atoms with Gasteiger partial charge in [0.2, 0.25) is 5.91 Å². The molecular formula is C13H17N5O. The zero-order valence-corrected chi connectivity index (χ0v) is 10.8. The first-order chi connectivity index (χ1) is 9.29. The van der Waals surface area contributed by atoms with Gasteiger partial charge in [0.05, 0.1) is 6.20 Å². The van der Waals surface area contributed by atoms with Crippen LogP contribution in [0, 0.1) is 0 Å². The van der Waals surface area contributed by atoms with E-state index in [2.05, 4.69) is 20.9 Å². The highest BCUT2D eigenvalue weighted by atomic mass is 16.2. The van der Waals surface area contributed by atoms with Crippen LogP contribution < -0.4 is 10.6 Å². The third kappa shape index (κ3) is 3.89. The van der Waals surface area contributed by atoms with Crippen molar-refractivity contribution in [3.05, 3.63) is 42.2 Å². The molecule has 0 radical (unpaired) electrons. The van der Waals surface area contributed by atoms with Crippen LogP contribution in [0.2, 0.25) is 0 Å². The lowest BCUT2D eigenvalue weighted by atomic mass is 10.1. The van der Waals surface area contributed by atoms with Crippen molar-refractivity contribution < 1.29 is 4.79 Å². The first-order valence-electron chi connectivity index (χ1n) is 6.22. The van der Waals surface area contributed by atoms with Crippen LogP contribution in [0.25, 0.3) is 0 Å². The molecule has 0 saturated heterocycles. The van der Waals surface area contributed by atoms with Crippen LogP contribution in [0.4, 0.5) is 5.69 Å². The van der Waals surface area contributed by atoms with E-state index in [-0.39, 0.29) is 12.5 Å². The average molecular weight is 259 g/mol. The minimum atomic E-state index is -0.116. The first kappa shape index (κ1) is 13.2. The lowest BCUT2D eigenvalue weighted by Crippen LogP contribution is -2.21. The Morgan fingerprint density at radius 3 is 2.95 bits per heavy atom. The number of nitrogens with zero attached hydrogens (tertiary/aromatic N) is 3. The molecule has 19 heavy (non-hydrogen) atoms. The zero-order chi connectivity index (χ0) is 13.5. The van der Waals surface area contributed by atoms with Gasteiger partial charge in [0, 0.05) is 18.4 Å². The first-order valence-corrected chi connectivity index (χ1v) is 6.22. The van der Waals surface area contributed by atoms with Crippen LogP contribution in [0.1, 0.15) is 12.5 Å². The predicted octanol–water partition coefficient (Wildman–Crippen LogP) is 1.03. The number of hydrogen-bond donors (Lipinski definition) is 2. The highest BCUT2D eigenvalue weighted by molar-refractivity contribution is 5.91.